The number of aliphatic hydroxyl groups is 1. The number of nitrogens with zero attached hydrogens (tertiary/aromatic N) is 2. The quantitative estimate of drug-likeness (QED) is 0.786. The topological polar surface area (TPSA) is 60.9 Å². The molecule has 1 saturated carbocycles. The minimum atomic E-state index is -0.345. The van der Waals surface area contributed by atoms with Crippen molar-refractivity contribution in [2.45, 2.75) is 77.8 Å². The summed E-state index contributed by atoms with van der Waals surface area (Å²) in [6.07, 6.45) is 6.62. The molecular formula is C19H32N2O3. The molecule has 0 radical (unpaired) electrons. The first kappa shape index (κ1) is 17.7. The van der Waals surface area contributed by atoms with E-state index in [0.29, 0.717) is 19.5 Å². The molecule has 1 N–H and O–H groups in total. The van der Waals surface area contributed by atoms with Gasteiger partial charge in [0.1, 0.15) is 0 Å². The summed E-state index contributed by atoms with van der Waals surface area (Å²) in [4.78, 5) is 29.4. The molecule has 0 spiro atoms. The largest absolute Gasteiger partial charge is 0.396 e. The second-order valence-corrected chi connectivity index (χ2v) is 9.31. The van der Waals surface area contributed by atoms with Crippen LogP contribution >= 0.6 is 0 Å². The zero-order valence-electron chi connectivity index (χ0n) is 15.4. The van der Waals surface area contributed by atoms with Crippen molar-refractivity contribution in [3.05, 3.63) is 0 Å². The third-order valence-electron chi connectivity index (χ3n) is 6.21. The Morgan fingerprint density at radius 1 is 1.08 bits per heavy atom. The van der Waals surface area contributed by atoms with Crippen LogP contribution in [0.2, 0.25) is 0 Å². The van der Waals surface area contributed by atoms with Gasteiger partial charge in [-0.25, -0.2) is 0 Å². The average molecular weight is 336 g/mol. The van der Waals surface area contributed by atoms with Gasteiger partial charge in [-0.05, 0) is 55.8 Å². The Labute approximate surface area is 145 Å². The van der Waals surface area contributed by atoms with Crippen LogP contribution in [-0.2, 0) is 9.59 Å². The standard InChI is InChI=1S/C19H32N2O3/c1-18(2)10-15-11-19(3,12-18)13-21(15)17(24)16(23)20-8-5-4-6-14(20)7-9-22/h14-15,22H,4-13H2,1-3H3. The lowest BCUT2D eigenvalue weighted by Crippen LogP contribution is -2.52. The number of fused-ring (bicyclic) bond motifs is 2. The molecule has 3 unspecified atom stereocenters. The van der Waals surface area contributed by atoms with Crippen LogP contribution in [0.25, 0.3) is 0 Å². The van der Waals surface area contributed by atoms with Gasteiger partial charge < -0.3 is 14.9 Å². The van der Waals surface area contributed by atoms with Crippen LogP contribution < -0.4 is 0 Å². The highest BCUT2D eigenvalue weighted by molar-refractivity contribution is 6.35. The van der Waals surface area contributed by atoms with Crippen molar-refractivity contribution in [1.29, 1.82) is 0 Å². The van der Waals surface area contributed by atoms with E-state index in [2.05, 4.69) is 20.8 Å². The van der Waals surface area contributed by atoms with Crippen LogP contribution in [0.3, 0.4) is 0 Å². The number of rotatable bonds is 2. The second kappa shape index (κ2) is 6.32. The van der Waals surface area contributed by atoms with Gasteiger partial charge in [-0.3, -0.25) is 9.59 Å². The monoisotopic (exact) mass is 336 g/mol. The Hall–Kier alpha value is -1.10. The van der Waals surface area contributed by atoms with E-state index in [4.69, 9.17) is 0 Å². The second-order valence-electron chi connectivity index (χ2n) is 9.31. The number of carbonyl (C=O) groups is 2. The molecule has 2 amide bonds. The summed E-state index contributed by atoms with van der Waals surface area (Å²) in [6, 6.07) is 0.227. The molecule has 5 nitrogen and oxygen atoms in total. The Balaban J connectivity index is 1.73. The van der Waals surface area contributed by atoms with Crippen LogP contribution in [0.4, 0.5) is 0 Å². The Bertz CT molecular complexity index is 517. The van der Waals surface area contributed by atoms with E-state index < -0.39 is 0 Å². The maximum absolute atomic E-state index is 13.0. The van der Waals surface area contributed by atoms with E-state index in [-0.39, 0.29) is 41.3 Å². The highest BCUT2D eigenvalue weighted by Gasteiger charge is 2.52. The fourth-order valence-electron chi connectivity index (χ4n) is 5.66. The molecule has 2 heterocycles. The molecule has 3 aliphatic rings. The van der Waals surface area contributed by atoms with Crippen LogP contribution in [-0.4, -0.2) is 58.5 Å². The first-order chi connectivity index (χ1) is 11.2. The number of hydrogen-bond donors (Lipinski definition) is 1. The summed E-state index contributed by atoms with van der Waals surface area (Å²) in [7, 11) is 0. The minimum absolute atomic E-state index is 0.0224. The lowest BCUT2D eigenvalue weighted by molar-refractivity contribution is -0.155. The Morgan fingerprint density at radius 2 is 1.79 bits per heavy atom. The Kier molecular flexibility index (Phi) is 4.67. The summed E-state index contributed by atoms with van der Waals surface area (Å²) >= 11 is 0. The molecule has 3 rings (SSSR count). The maximum Gasteiger partial charge on any atom is 0.312 e. The number of carbonyl (C=O) groups excluding carboxylic acids is 2. The predicted octanol–water partition coefficient (Wildman–Crippen LogP) is 2.18. The van der Waals surface area contributed by atoms with E-state index in [0.717, 1.165) is 38.5 Å². The van der Waals surface area contributed by atoms with Crippen LogP contribution in [0.15, 0.2) is 0 Å². The van der Waals surface area contributed by atoms with Crippen LogP contribution in [0.5, 0.6) is 0 Å². The van der Waals surface area contributed by atoms with E-state index >= 15 is 0 Å². The summed E-state index contributed by atoms with van der Waals surface area (Å²) < 4.78 is 0. The molecule has 1 aliphatic carbocycles. The highest BCUT2D eigenvalue weighted by Crippen LogP contribution is 2.52. The number of amides is 2. The van der Waals surface area contributed by atoms with Crippen molar-refractivity contribution in [2.75, 3.05) is 19.7 Å². The lowest BCUT2D eigenvalue weighted by Gasteiger charge is -2.39. The number of hydrogen-bond acceptors (Lipinski definition) is 3. The summed E-state index contributed by atoms with van der Waals surface area (Å²) in [5, 5.41) is 9.25. The zero-order valence-corrected chi connectivity index (χ0v) is 15.4. The van der Waals surface area contributed by atoms with E-state index in [1.165, 1.54) is 0 Å². The summed E-state index contributed by atoms with van der Waals surface area (Å²) in [5.41, 5.74) is 0.384. The minimum Gasteiger partial charge on any atom is -0.396 e. The fraction of sp³-hybridized carbons (Fsp3) is 0.895. The molecule has 2 saturated heterocycles. The van der Waals surface area contributed by atoms with Crippen LogP contribution in [0.1, 0.15) is 65.7 Å². The third kappa shape index (κ3) is 3.32. The lowest BCUT2D eigenvalue weighted by atomic mass is 9.65. The molecule has 0 aromatic carbocycles. The zero-order chi connectivity index (χ0) is 17.5. The molecule has 3 atom stereocenters. The van der Waals surface area contributed by atoms with E-state index in [9.17, 15) is 14.7 Å². The molecule has 136 valence electrons. The van der Waals surface area contributed by atoms with Crippen LogP contribution in [0, 0.1) is 10.8 Å². The molecule has 3 fully saturated rings. The summed E-state index contributed by atoms with van der Waals surface area (Å²) in [6.45, 7) is 8.24. The van der Waals surface area contributed by atoms with Crippen molar-refractivity contribution >= 4 is 11.8 Å². The third-order valence-corrected chi connectivity index (χ3v) is 6.21. The maximum atomic E-state index is 13.0. The Morgan fingerprint density at radius 3 is 2.50 bits per heavy atom. The SMILES string of the molecule is CC1(C)CC2CC(C)(CN2C(=O)C(=O)N2CCCCC2CCO)C1. The van der Waals surface area contributed by atoms with Crippen molar-refractivity contribution in [3.8, 4) is 0 Å². The van der Waals surface area contributed by atoms with Gasteiger partial charge in [-0.2, -0.15) is 0 Å². The van der Waals surface area contributed by atoms with Crippen molar-refractivity contribution in [1.82, 2.24) is 9.80 Å². The predicted molar refractivity (Wildman–Crippen MR) is 92.3 cm³/mol. The van der Waals surface area contributed by atoms with Gasteiger partial charge in [0, 0.05) is 31.8 Å². The van der Waals surface area contributed by atoms with Gasteiger partial charge in [-0.1, -0.05) is 20.8 Å². The van der Waals surface area contributed by atoms with Gasteiger partial charge >= 0.3 is 11.8 Å². The van der Waals surface area contributed by atoms with E-state index in [1.54, 1.807) is 4.90 Å². The van der Waals surface area contributed by atoms with Gasteiger partial charge in [-0.15, -0.1) is 0 Å². The number of aliphatic hydroxyl groups excluding tert-OH is 1. The molecule has 0 aromatic heterocycles. The van der Waals surface area contributed by atoms with Gasteiger partial charge in [0.15, 0.2) is 0 Å². The van der Waals surface area contributed by atoms with Crippen molar-refractivity contribution < 1.29 is 14.7 Å². The fourth-order valence-corrected chi connectivity index (χ4v) is 5.66. The summed E-state index contributed by atoms with van der Waals surface area (Å²) in [5.74, 6) is -0.659. The number of piperidine rings is 1. The normalized spacial score (nSPS) is 35.2. The molecule has 2 aliphatic heterocycles. The molecular weight excluding hydrogens is 304 g/mol. The molecule has 5 heteroatoms. The smallest absolute Gasteiger partial charge is 0.312 e. The van der Waals surface area contributed by atoms with Gasteiger partial charge in [0.2, 0.25) is 0 Å². The van der Waals surface area contributed by atoms with Crippen molar-refractivity contribution in [3.63, 3.8) is 0 Å². The van der Waals surface area contributed by atoms with Gasteiger partial charge in [0.05, 0.1) is 0 Å². The molecule has 0 aromatic rings. The van der Waals surface area contributed by atoms with Gasteiger partial charge in [0.25, 0.3) is 0 Å². The molecule has 2 bridgehead atoms. The van der Waals surface area contributed by atoms with Crippen molar-refractivity contribution in [2.24, 2.45) is 10.8 Å². The first-order valence-corrected chi connectivity index (χ1v) is 9.47. The highest BCUT2D eigenvalue weighted by atomic mass is 16.3. The van der Waals surface area contributed by atoms with E-state index in [1.807, 2.05) is 4.90 Å². The first-order valence-electron chi connectivity index (χ1n) is 9.47. The number of likely N-dealkylation sites (tertiary alicyclic amines) is 2. The molecule has 24 heavy (non-hydrogen) atoms. The average Bonchev–Trinajstić information content (AvgIpc) is 2.75.